The Morgan fingerprint density at radius 1 is 1.70 bits per heavy atom. The Labute approximate surface area is 117 Å². The van der Waals surface area contributed by atoms with Crippen molar-refractivity contribution in [3.63, 3.8) is 0 Å². The number of nitrogens with zero attached hydrogens (tertiary/aromatic N) is 3. The van der Waals surface area contributed by atoms with Gasteiger partial charge in [0.25, 0.3) is 0 Å². The Morgan fingerprint density at radius 3 is 3.00 bits per heavy atom. The molecule has 0 spiro atoms. The average molecular weight is 281 g/mol. The third kappa shape index (κ3) is 4.85. The summed E-state index contributed by atoms with van der Waals surface area (Å²) in [6.45, 7) is 2.72. The van der Waals surface area contributed by atoms with E-state index in [4.69, 9.17) is 10.00 Å². The van der Waals surface area contributed by atoms with Crippen LogP contribution >= 0.6 is 0 Å². The van der Waals surface area contributed by atoms with Crippen LogP contribution in [0.1, 0.15) is 13.3 Å². The molecule has 1 saturated heterocycles. The molecule has 1 aliphatic heterocycles. The predicted molar refractivity (Wildman–Crippen MR) is 71.7 cm³/mol. The van der Waals surface area contributed by atoms with Crippen LogP contribution in [0.5, 0.6) is 0 Å². The quantitative estimate of drug-likeness (QED) is 0.163. The number of aliphatic imine (C=N–C) groups is 1. The van der Waals surface area contributed by atoms with Gasteiger partial charge in [-0.1, -0.05) is 0 Å². The second-order valence-electron chi connectivity index (χ2n) is 4.40. The summed E-state index contributed by atoms with van der Waals surface area (Å²) in [6.07, 6.45) is 3.08. The Balaban J connectivity index is 2.63. The fourth-order valence-corrected chi connectivity index (χ4v) is 1.91. The maximum Gasteiger partial charge on any atom is 0.302 e. The smallest absolute Gasteiger partial charge is 0.302 e. The van der Waals surface area contributed by atoms with Crippen LogP contribution in [0.4, 0.5) is 0 Å². The maximum absolute atomic E-state index is 10.9. The number of hydrogen-bond acceptors (Lipinski definition) is 6. The highest BCUT2D eigenvalue weighted by Gasteiger charge is 2.27. The van der Waals surface area contributed by atoms with Crippen LogP contribution in [0.15, 0.2) is 4.99 Å². The van der Waals surface area contributed by atoms with Crippen LogP contribution < -0.4 is 10.6 Å². The number of nitrogens with one attached hydrogen (secondary N) is 2. The Hall–Kier alpha value is -2.14. The summed E-state index contributed by atoms with van der Waals surface area (Å²) in [5.41, 5.74) is 0. The zero-order valence-electron chi connectivity index (χ0n) is 11.6. The van der Waals surface area contributed by atoms with Gasteiger partial charge in [-0.25, -0.2) is 0 Å². The summed E-state index contributed by atoms with van der Waals surface area (Å²) in [7, 11) is 1.67. The van der Waals surface area contributed by atoms with Gasteiger partial charge in [0, 0.05) is 19.9 Å². The predicted octanol–water partition coefficient (Wildman–Crippen LogP) is -1.16. The zero-order valence-corrected chi connectivity index (χ0v) is 11.6. The molecule has 2 N–H and O–H groups in total. The van der Waals surface area contributed by atoms with Crippen LogP contribution in [0.3, 0.4) is 0 Å². The lowest BCUT2D eigenvalue weighted by atomic mass is 10.3. The van der Waals surface area contributed by atoms with Crippen molar-refractivity contribution in [3.05, 3.63) is 0 Å². The van der Waals surface area contributed by atoms with Crippen molar-refractivity contribution in [1.29, 1.82) is 5.26 Å². The lowest BCUT2D eigenvalue weighted by Crippen LogP contribution is -2.40. The van der Waals surface area contributed by atoms with E-state index in [0.717, 1.165) is 6.29 Å². The lowest BCUT2D eigenvalue weighted by molar-refractivity contribution is -0.145. The van der Waals surface area contributed by atoms with Crippen molar-refractivity contribution in [1.82, 2.24) is 15.5 Å². The number of rotatable bonds is 5. The fraction of sp³-hybridized carbons (Fsp3) is 0.667. The van der Waals surface area contributed by atoms with E-state index in [9.17, 15) is 9.59 Å². The molecule has 20 heavy (non-hydrogen) atoms. The number of likely N-dealkylation sites (tertiary alicyclic amines) is 1. The molecule has 1 fully saturated rings. The Bertz CT molecular complexity index is 418. The first-order valence-corrected chi connectivity index (χ1v) is 6.35. The molecule has 8 heteroatoms. The number of aldehydes is 1. The maximum atomic E-state index is 10.9. The van der Waals surface area contributed by atoms with Crippen molar-refractivity contribution in [2.45, 2.75) is 25.5 Å². The molecule has 110 valence electrons. The molecule has 0 saturated carbocycles. The normalized spacial score (nSPS) is 20.1. The minimum absolute atomic E-state index is 0.190. The molecule has 1 rings (SSSR count). The first-order chi connectivity index (χ1) is 9.60. The van der Waals surface area contributed by atoms with Crippen molar-refractivity contribution >= 4 is 18.2 Å². The lowest BCUT2D eigenvalue weighted by Gasteiger charge is -2.19. The topological polar surface area (TPSA) is 107 Å². The second kappa shape index (κ2) is 8.12. The molecule has 1 heterocycles. The van der Waals surface area contributed by atoms with Gasteiger partial charge in [-0.15, -0.1) is 0 Å². The first-order valence-electron chi connectivity index (χ1n) is 6.35. The van der Waals surface area contributed by atoms with Gasteiger partial charge in [0.05, 0.1) is 19.1 Å². The molecule has 0 radical (unpaired) electrons. The van der Waals surface area contributed by atoms with Gasteiger partial charge < -0.3 is 19.7 Å². The molecule has 0 aromatic heterocycles. The van der Waals surface area contributed by atoms with Crippen molar-refractivity contribution in [2.24, 2.45) is 4.99 Å². The van der Waals surface area contributed by atoms with Crippen LogP contribution in [-0.4, -0.2) is 61.9 Å². The van der Waals surface area contributed by atoms with E-state index in [1.807, 2.05) is 11.1 Å². The summed E-state index contributed by atoms with van der Waals surface area (Å²) in [5, 5.41) is 14.0. The molecule has 0 bridgehead atoms. The number of carbonyl (C=O) groups is 2. The van der Waals surface area contributed by atoms with Crippen LogP contribution in [-0.2, 0) is 14.3 Å². The molecule has 0 unspecified atom stereocenters. The molecular weight excluding hydrogens is 262 g/mol. The highest BCUT2D eigenvalue weighted by molar-refractivity contribution is 5.82. The molecule has 1 aliphatic rings. The van der Waals surface area contributed by atoms with E-state index in [1.165, 1.54) is 6.92 Å². The minimum Gasteiger partial charge on any atom is -0.461 e. The van der Waals surface area contributed by atoms with Gasteiger partial charge in [-0.05, 0) is 7.05 Å². The van der Waals surface area contributed by atoms with E-state index < -0.39 is 6.04 Å². The van der Waals surface area contributed by atoms with Crippen LogP contribution in [0.25, 0.3) is 0 Å². The number of carbonyl (C=O) groups excluding carboxylic acids is 2. The van der Waals surface area contributed by atoms with E-state index in [0.29, 0.717) is 25.5 Å². The zero-order chi connectivity index (χ0) is 15.0. The van der Waals surface area contributed by atoms with E-state index in [2.05, 4.69) is 15.6 Å². The molecule has 0 aromatic carbocycles. The van der Waals surface area contributed by atoms with E-state index >= 15 is 0 Å². The highest BCUT2D eigenvalue weighted by atomic mass is 16.5. The average Bonchev–Trinajstić information content (AvgIpc) is 2.86. The number of esters is 1. The van der Waals surface area contributed by atoms with Crippen molar-refractivity contribution in [2.75, 3.05) is 26.7 Å². The van der Waals surface area contributed by atoms with Crippen molar-refractivity contribution < 1.29 is 14.3 Å². The number of likely N-dealkylation sites (N-methyl/N-ethyl adjacent to an activating group) is 1. The molecule has 8 nitrogen and oxygen atoms in total. The summed E-state index contributed by atoms with van der Waals surface area (Å²) < 4.78 is 5.12. The number of ether oxygens (including phenoxy) is 1. The second-order valence-corrected chi connectivity index (χ2v) is 4.40. The van der Waals surface area contributed by atoms with E-state index in [1.54, 1.807) is 7.05 Å². The first kappa shape index (κ1) is 15.9. The molecular formula is C12H19N5O3. The van der Waals surface area contributed by atoms with Crippen LogP contribution in [0, 0.1) is 11.5 Å². The SMILES string of the molecule is CN[C@H](C=O)CN=C(NC#N)N1CC[C@H](OC(C)=O)C1. The standard InChI is InChI=1S/C12H19N5O3/c1-9(19)20-11-3-4-17(6-11)12(16-8-13)15-5-10(7-18)14-2/h7,10-11,14H,3-6H2,1-2H3,(H,15,16)/t10-,11-/m0/s1. The number of nitriles is 1. The van der Waals surface area contributed by atoms with Gasteiger partial charge >= 0.3 is 5.97 Å². The Kier molecular flexibility index (Phi) is 6.46. The minimum atomic E-state index is -0.391. The summed E-state index contributed by atoms with van der Waals surface area (Å²) in [6, 6.07) is -0.391. The summed E-state index contributed by atoms with van der Waals surface area (Å²) in [5.74, 6) is 0.0732. The summed E-state index contributed by atoms with van der Waals surface area (Å²) >= 11 is 0. The molecule has 0 aliphatic carbocycles. The molecule has 2 atom stereocenters. The van der Waals surface area contributed by atoms with Gasteiger partial charge in [0.1, 0.15) is 12.4 Å². The monoisotopic (exact) mass is 281 g/mol. The summed E-state index contributed by atoms with van der Waals surface area (Å²) in [4.78, 5) is 27.7. The molecule has 0 amide bonds. The third-order valence-electron chi connectivity index (χ3n) is 2.92. The molecule has 0 aromatic rings. The van der Waals surface area contributed by atoms with Crippen molar-refractivity contribution in [3.8, 4) is 6.19 Å². The van der Waals surface area contributed by atoms with Gasteiger partial charge in [-0.2, -0.15) is 5.26 Å². The van der Waals surface area contributed by atoms with Crippen LogP contribution in [0.2, 0.25) is 0 Å². The highest BCUT2D eigenvalue weighted by Crippen LogP contribution is 2.13. The van der Waals surface area contributed by atoms with E-state index in [-0.39, 0.29) is 18.6 Å². The Morgan fingerprint density at radius 2 is 2.45 bits per heavy atom. The third-order valence-corrected chi connectivity index (χ3v) is 2.92. The largest absolute Gasteiger partial charge is 0.461 e. The fourth-order valence-electron chi connectivity index (χ4n) is 1.91. The van der Waals surface area contributed by atoms with Gasteiger partial charge in [0.2, 0.25) is 5.96 Å². The number of hydrogen-bond donors (Lipinski definition) is 2. The van der Waals surface area contributed by atoms with Gasteiger partial charge in [-0.3, -0.25) is 15.1 Å². The van der Waals surface area contributed by atoms with Gasteiger partial charge in [0.15, 0.2) is 6.19 Å². The number of guanidine groups is 1.